The predicted molar refractivity (Wildman–Crippen MR) is 78.9 cm³/mol. The van der Waals surface area contributed by atoms with Gasteiger partial charge in [-0.3, -0.25) is 0 Å². The van der Waals surface area contributed by atoms with Crippen molar-refractivity contribution in [2.75, 3.05) is 13.1 Å². The van der Waals surface area contributed by atoms with Crippen LogP contribution in [0.25, 0.3) is 0 Å². The molecule has 1 fully saturated rings. The zero-order valence-corrected chi connectivity index (χ0v) is 11.8. The molecule has 1 saturated heterocycles. The van der Waals surface area contributed by atoms with E-state index in [1.54, 1.807) is 12.1 Å². The van der Waals surface area contributed by atoms with Crippen LogP contribution in [0.15, 0.2) is 36.8 Å². The first kappa shape index (κ1) is 13.2. The van der Waals surface area contributed by atoms with Gasteiger partial charge in [-0.2, -0.15) is 0 Å². The smallest absolute Gasteiger partial charge is 0.115 e. The summed E-state index contributed by atoms with van der Waals surface area (Å²) < 4.78 is 2.26. The largest absolute Gasteiger partial charge is 0.508 e. The molecular formula is C16H21N3O. The van der Waals surface area contributed by atoms with E-state index in [-0.39, 0.29) is 5.41 Å². The maximum absolute atomic E-state index is 9.31. The molecule has 4 nitrogen and oxygen atoms in total. The van der Waals surface area contributed by atoms with Crippen molar-refractivity contribution < 1.29 is 5.11 Å². The molecule has 0 radical (unpaired) electrons. The van der Waals surface area contributed by atoms with Crippen LogP contribution < -0.4 is 5.32 Å². The Morgan fingerprint density at radius 3 is 2.85 bits per heavy atom. The average molecular weight is 271 g/mol. The van der Waals surface area contributed by atoms with E-state index in [1.165, 1.54) is 11.3 Å². The highest BCUT2D eigenvalue weighted by Crippen LogP contribution is 2.29. The number of benzene rings is 1. The molecule has 2 heterocycles. The molecule has 20 heavy (non-hydrogen) atoms. The minimum atomic E-state index is 0.200. The summed E-state index contributed by atoms with van der Waals surface area (Å²) in [7, 11) is 0. The highest BCUT2D eigenvalue weighted by molar-refractivity contribution is 5.26. The Balaban J connectivity index is 1.72. The third kappa shape index (κ3) is 2.56. The normalized spacial score (nSPS) is 22.2. The van der Waals surface area contributed by atoms with E-state index >= 15 is 0 Å². The van der Waals surface area contributed by atoms with Gasteiger partial charge in [0.25, 0.3) is 0 Å². The van der Waals surface area contributed by atoms with Gasteiger partial charge in [0.15, 0.2) is 0 Å². The number of hydrogen-bond acceptors (Lipinski definition) is 3. The SMILES string of the molecule is CC1(c2cncn2CCc2ccc(O)cc2)CCNC1. The Hall–Kier alpha value is -1.81. The number of rotatable bonds is 4. The molecule has 0 aliphatic carbocycles. The summed E-state index contributed by atoms with van der Waals surface area (Å²) in [5.74, 6) is 0.321. The van der Waals surface area contributed by atoms with E-state index in [0.717, 1.165) is 32.5 Å². The minimum absolute atomic E-state index is 0.200. The minimum Gasteiger partial charge on any atom is -0.508 e. The van der Waals surface area contributed by atoms with E-state index in [9.17, 15) is 5.11 Å². The molecular weight excluding hydrogens is 250 g/mol. The Labute approximate surface area is 119 Å². The summed E-state index contributed by atoms with van der Waals surface area (Å²) in [6.45, 7) is 5.34. The van der Waals surface area contributed by atoms with E-state index < -0.39 is 0 Å². The average Bonchev–Trinajstić information content (AvgIpc) is 3.08. The van der Waals surface area contributed by atoms with Gasteiger partial charge in [0.2, 0.25) is 0 Å². The van der Waals surface area contributed by atoms with Crippen molar-refractivity contribution in [3.8, 4) is 5.75 Å². The molecule has 4 heteroatoms. The van der Waals surface area contributed by atoms with Gasteiger partial charge in [-0.15, -0.1) is 0 Å². The van der Waals surface area contributed by atoms with Crippen LogP contribution in [0.1, 0.15) is 24.6 Å². The second-order valence-electron chi connectivity index (χ2n) is 5.88. The Bertz CT molecular complexity index is 568. The van der Waals surface area contributed by atoms with Crippen molar-refractivity contribution >= 4 is 0 Å². The molecule has 0 amide bonds. The van der Waals surface area contributed by atoms with Crippen LogP contribution in [0.4, 0.5) is 0 Å². The first-order valence-corrected chi connectivity index (χ1v) is 7.17. The van der Waals surface area contributed by atoms with Crippen molar-refractivity contribution in [2.24, 2.45) is 0 Å². The standard InChI is InChI=1S/C16H21N3O/c1-16(7-8-17-11-16)15-10-18-12-19(15)9-6-13-2-4-14(20)5-3-13/h2-5,10,12,17,20H,6-9,11H2,1H3. The molecule has 1 unspecified atom stereocenters. The Morgan fingerprint density at radius 2 is 2.15 bits per heavy atom. The van der Waals surface area contributed by atoms with Crippen molar-refractivity contribution in [1.29, 1.82) is 0 Å². The van der Waals surface area contributed by atoms with Gasteiger partial charge in [-0.25, -0.2) is 4.98 Å². The lowest BCUT2D eigenvalue weighted by Gasteiger charge is -2.24. The molecule has 1 aliphatic heterocycles. The molecule has 1 atom stereocenters. The summed E-state index contributed by atoms with van der Waals surface area (Å²) in [5.41, 5.74) is 2.75. The van der Waals surface area contributed by atoms with Crippen molar-refractivity contribution in [1.82, 2.24) is 14.9 Å². The van der Waals surface area contributed by atoms with Crippen LogP contribution in [-0.2, 0) is 18.4 Å². The Morgan fingerprint density at radius 1 is 1.35 bits per heavy atom. The van der Waals surface area contributed by atoms with Crippen LogP contribution in [0.3, 0.4) is 0 Å². The summed E-state index contributed by atoms with van der Waals surface area (Å²) in [6.07, 6.45) is 6.05. The maximum atomic E-state index is 9.31. The summed E-state index contributed by atoms with van der Waals surface area (Å²) in [5, 5.41) is 12.7. The highest BCUT2D eigenvalue weighted by Gasteiger charge is 2.33. The lowest BCUT2D eigenvalue weighted by Crippen LogP contribution is -2.28. The zero-order valence-electron chi connectivity index (χ0n) is 11.8. The van der Waals surface area contributed by atoms with Gasteiger partial charge < -0.3 is 15.0 Å². The van der Waals surface area contributed by atoms with Gasteiger partial charge in [0.05, 0.1) is 6.33 Å². The van der Waals surface area contributed by atoms with Gasteiger partial charge in [-0.1, -0.05) is 19.1 Å². The summed E-state index contributed by atoms with van der Waals surface area (Å²) >= 11 is 0. The molecule has 1 aromatic carbocycles. The third-order valence-corrected chi connectivity index (χ3v) is 4.28. The van der Waals surface area contributed by atoms with Crippen molar-refractivity contribution in [2.45, 2.75) is 31.7 Å². The molecule has 0 saturated carbocycles. The predicted octanol–water partition coefficient (Wildman–Crippen LogP) is 2.08. The number of nitrogens with zero attached hydrogens (tertiary/aromatic N) is 2. The number of phenolic OH excluding ortho intramolecular Hbond substituents is 1. The van der Waals surface area contributed by atoms with E-state index in [1.807, 2.05) is 24.7 Å². The third-order valence-electron chi connectivity index (χ3n) is 4.28. The first-order valence-electron chi connectivity index (χ1n) is 7.17. The Kier molecular flexibility index (Phi) is 3.49. The summed E-state index contributed by atoms with van der Waals surface area (Å²) in [6, 6.07) is 7.44. The van der Waals surface area contributed by atoms with Crippen LogP contribution >= 0.6 is 0 Å². The maximum Gasteiger partial charge on any atom is 0.115 e. The monoisotopic (exact) mass is 271 g/mol. The second kappa shape index (κ2) is 5.29. The number of nitrogens with one attached hydrogen (secondary N) is 1. The number of aryl methyl sites for hydroxylation is 2. The lowest BCUT2D eigenvalue weighted by atomic mass is 9.86. The van der Waals surface area contributed by atoms with Crippen molar-refractivity contribution in [3.63, 3.8) is 0 Å². The van der Waals surface area contributed by atoms with E-state index in [2.05, 4.69) is 21.8 Å². The van der Waals surface area contributed by atoms with E-state index in [0.29, 0.717) is 5.75 Å². The molecule has 106 valence electrons. The number of aromatic hydroxyl groups is 1. The molecule has 2 aromatic rings. The van der Waals surface area contributed by atoms with Crippen LogP contribution in [0.2, 0.25) is 0 Å². The highest BCUT2D eigenvalue weighted by atomic mass is 16.3. The fourth-order valence-electron chi connectivity index (χ4n) is 2.95. The van der Waals surface area contributed by atoms with Gasteiger partial charge in [-0.05, 0) is 37.1 Å². The fourth-order valence-corrected chi connectivity index (χ4v) is 2.95. The van der Waals surface area contributed by atoms with Gasteiger partial charge in [0.1, 0.15) is 5.75 Å². The van der Waals surface area contributed by atoms with Gasteiger partial charge in [0, 0.05) is 30.4 Å². The summed E-state index contributed by atoms with van der Waals surface area (Å²) in [4.78, 5) is 4.33. The molecule has 3 rings (SSSR count). The fraction of sp³-hybridized carbons (Fsp3) is 0.438. The van der Waals surface area contributed by atoms with Crippen LogP contribution in [0, 0.1) is 0 Å². The van der Waals surface area contributed by atoms with Crippen LogP contribution in [0.5, 0.6) is 5.75 Å². The topological polar surface area (TPSA) is 50.1 Å². The lowest BCUT2D eigenvalue weighted by molar-refractivity contribution is 0.470. The first-order chi connectivity index (χ1) is 9.67. The molecule has 0 bridgehead atoms. The molecule has 1 aliphatic rings. The van der Waals surface area contributed by atoms with E-state index in [4.69, 9.17) is 0 Å². The number of phenols is 1. The molecule has 1 aromatic heterocycles. The second-order valence-corrected chi connectivity index (χ2v) is 5.88. The number of imidazole rings is 1. The quantitative estimate of drug-likeness (QED) is 0.895. The number of hydrogen-bond donors (Lipinski definition) is 2. The van der Waals surface area contributed by atoms with Gasteiger partial charge >= 0.3 is 0 Å². The van der Waals surface area contributed by atoms with Crippen molar-refractivity contribution in [3.05, 3.63) is 48.0 Å². The molecule has 0 spiro atoms. The van der Waals surface area contributed by atoms with Crippen LogP contribution in [-0.4, -0.2) is 27.7 Å². The number of aromatic nitrogens is 2. The molecule has 2 N–H and O–H groups in total. The zero-order chi connectivity index (χ0) is 14.0.